The summed E-state index contributed by atoms with van der Waals surface area (Å²) in [6.07, 6.45) is -1.05. The Bertz CT molecular complexity index is 1520. The van der Waals surface area contributed by atoms with E-state index in [-0.39, 0.29) is 33.2 Å². The number of hydrogen-bond donors (Lipinski definition) is 3. The largest absolute Gasteiger partial charge is 0.465 e. The molecule has 1 heterocycles. The van der Waals surface area contributed by atoms with Crippen molar-refractivity contribution in [3.63, 3.8) is 0 Å². The maximum atomic E-state index is 13.2. The quantitative estimate of drug-likeness (QED) is 0.261. The molecule has 39 heavy (non-hydrogen) atoms. The van der Waals surface area contributed by atoms with Crippen LogP contribution in [-0.2, 0) is 17.8 Å². The van der Waals surface area contributed by atoms with Gasteiger partial charge in [-0.25, -0.2) is 9.18 Å². The Morgan fingerprint density at radius 1 is 1.13 bits per heavy atom. The predicted octanol–water partition coefficient (Wildman–Crippen LogP) is 5.21. The summed E-state index contributed by atoms with van der Waals surface area (Å²) in [6, 6.07) is 15.2. The number of carbonyl (C=O) groups excluding carboxylic acids is 2. The number of hydrazone groups is 1. The van der Waals surface area contributed by atoms with Gasteiger partial charge in [-0.05, 0) is 60.0 Å². The van der Waals surface area contributed by atoms with Gasteiger partial charge in [0.15, 0.2) is 5.75 Å². The van der Waals surface area contributed by atoms with Crippen LogP contribution >= 0.6 is 23.2 Å². The van der Waals surface area contributed by atoms with Gasteiger partial charge in [-0.1, -0.05) is 35.3 Å². The Kier molecular flexibility index (Phi) is 8.29. The van der Waals surface area contributed by atoms with Crippen LogP contribution in [0.5, 0.6) is 11.5 Å². The van der Waals surface area contributed by atoms with Crippen molar-refractivity contribution < 1.29 is 28.6 Å². The Morgan fingerprint density at radius 2 is 1.82 bits per heavy atom. The van der Waals surface area contributed by atoms with Crippen LogP contribution in [0.15, 0.2) is 59.7 Å². The number of nitrogens with one attached hydrogen (secondary N) is 2. The average molecular weight is 570 g/mol. The van der Waals surface area contributed by atoms with Gasteiger partial charge in [-0.2, -0.15) is 10.4 Å². The zero-order valence-corrected chi connectivity index (χ0v) is 21.4. The maximum absolute atomic E-state index is 13.2. The molecule has 0 atom stereocenters. The number of imide groups is 1. The first-order valence-electron chi connectivity index (χ1n) is 11.3. The number of amides is 3. The van der Waals surface area contributed by atoms with Crippen molar-refractivity contribution in [2.45, 2.75) is 13.0 Å². The molecule has 3 aromatic rings. The first kappa shape index (κ1) is 27.4. The lowest BCUT2D eigenvalue weighted by Gasteiger charge is -2.29. The van der Waals surface area contributed by atoms with Gasteiger partial charge < -0.3 is 14.7 Å². The maximum Gasteiger partial charge on any atom is 0.411 e. The van der Waals surface area contributed by atoms with Gasteiger partial charge in [-0.15, -0.1) is 0 Å². The lowest BCUT2D eigenvalue weighted by Crippen LogP contribution is -2.37. The van der Waals surface area contributed by atoms with Gasteiger partial charge in [0.25, 0.3) is 11.8 Å². The second kappa shape index (κ2) is 11.8. The SMILES string of the molecule is N#CC(=NNc1cc(Cl)c(Oc2ccc3c(c2)CCN(Cc2ccc(F)cc2)C3=O)c(Cl)c1)C(=O)NC(=O)O. The number of carboxylic acid groups (broad SMARTS) is 1. The summed E-state index contributed by atoms with van der Waals surface area (Å²) >= 11 is 12.7. The molecule has 198 valence electrons. The average Bonchev–Trinajstić information content (AvgIpc) is 2.89. The molecule has 0 radical (unpaired) electrons. The summed E-state index contributed by atoms with van der Waals surface area (Å²) in [6.45, 7) is 0.844. The molecule has 0 aromatic heterocycles. The van der Waals surface area contributed by atoms with Gasteiger partial charge in [0.1, 0.15) is 17.6 Å². The van der Waals surface area contributed by atoms with E-state index in [1.54, 1.807) is 35.2 Å². The van der Waals surface area contributed by atoms with Crippen molar-refractivity contribution >= 4 is 52.5 Å². The van der Waals surface area contributed by atoms with Crippen molar-refractivity contribution in [1.29, 1.82) is 5.26 Å². The van der Waals surface area contributed by atoms with E-state index in [2.05, 4.69) is 10.5 Å². The number of anilines is 1. The number of nitrogens with zero attached hydrogens (tertiary/aromatic N) is 3. The normalized spacial score (nSPS) is 12.8. The smallest absolute Gasteiger partial charge is 0.411 e. The number of rotatable bonds is 7. The van der Waals surface area contributed by atoms with Crippen LogP contribution in [0.3, 0.4) is 0 Å². The molecular formula is C26H18Cl2FN5O5. The van der Waals surface area contributed by atoms with Crippen molar-refractivity contribution in [2.24, 2.45) is 5.10 Å². The van der Waals surface area contributed by atoms with Crippen molar-refractivity contribution in [2.75, 3.05) is 12.0 Å². The van der Waals surface area contributed by atoms with E-state index < -0.39 is 17.7 Å². The van der Waals surface area contributed by atoms with Gasteiger partial charge >= 0.3 is 6.09 Å². The highest BCUT2D eigenvalue weighted by molar-refractivity contribution is 6.46. The van der Waals surface area contributed by atoms with Crippen LogP contribution in [0, 0.1) is 17.1 Å². The lowest BCUT2D eigenvalue weighted by molar-refractivity contribution is -0.114. The van der Waals surface area contributed by atoms with Crippen LogP contribution in [0.1, 0.15) is 21.5 Å². The summed E-state index contributed by atoms with van der Waals surface area (Å²) in [5.74, 6) is -1.17. The molecule has 1 aliphatic rings. The number of halogens is 3. The molecule has 0 saturated carbocycles. The Labute approximate surface area is 231 Å². The molecule has 0 fully saturated rings. The molecule has 1 aliphatic heterocycles. The fraction of sp³-hybridized carbons (Fsp3) is 0.115. The second-order valence-electron chi connectivity index (χ2n) is 8.24. The van der Waals surface area contributed by atoms with E-state index in [9.17, 15) is 18.8 Å². The highest BCUT2D eigenvalue weighted by Crippen LogP contribution is 2.39. The van der Waals surface area contributed by atoms with Crippen LogP contribution in [0.25, 0.3) is 0 Å². The van der Waals surface area contributed by atoms with Crippen molar-refractivity contribution in [1.82, 2.24) is 10.2 Å². The molecule has 0 bridgehead atoms. The number of fused-ring (bicyclic) bond motifs is 1. The van der Waals surface area contributed by atoms with E-state index in [1.165, 1.54) is 35.7 Å². The molecule has 0 unspecified atom stereocenters. The minimum absolute atomic E-state index is 0.0768. The first-order valence-corrected chi connectivity index (χ1v) is 12.0. The standard InChI is InChI=1S/C26H18Cl2FN5O5/c27-20-10-17(32-33-22(12-30)24(35)31-26(37)38)11-21(28)23(20)39-18-5-6-19-15(9-18)7-8-34(25(19)36)13-14-1-3-16(29)4-2-14/h1-6,9-11,32H,7-8,13H2,(H,31,35)(H,37,38). The fourth-order valence-electron chi connectivity index (χ4n) is 3.78. The lowest BCUT2D eigenvalue weighted by atomic mass is 9.98. The summed E-state index contributed by atoms with van der Waals surface area (Å²) in [5, 5.41) is 22.8. The second-order valence-corrected chi connectivity index (χ2v) is 9.05. The van der Waals surface area contributed by atoms with E-state index >= 15 is 0 Å². The number of carbonyl (C=O) groups is 3. The molecule has 4 rings (SSSR count). The third-order valence-electron chi connectivity index (χ3n) is 5.59. The fourth-order valence-corrected chi connectivity index (χ4v) is 4.34. The predicted molar refractivity (Wildman–Crippen MR) is 141 cm³/mol. The molecule has 13 heteroatoms. The molecule has 0 saturated heterocycles. The van der Waals surface area contributed by atoms with Crippen molar-refractivity contribution in [3.8, 4) is 17.6 Å². The third-order valence-corrected chi connectivity index (χ3v) is 6.15. The molecule has 0 aliphatic carbocycles. The topological polar surface area (TPSA) is 144 Å². The van der Waals surface area contributed by atoms with Crippen LogP contribution in [0.4, 0.5) is 14.9 Å². The minimum atomic E-state index is -1.63. The summed E-state index contributed by atoms with van der Waals surface area (Å²) in [7, 11) is 0. The number of ether oxygens (including phenoxy) is 1. The first-order chi connectivity index (χ1) is 18.6. The number of nitriles is 1. The van der Waals surface area contributed by atoms with E-state index in [1.807, 2.05) is 0 Å². The highest BCUT2D eigenvalue weighted by Gasteiger charge is 2.25. The zero-order chi connectivity index (χ0) is 28.1. The summed E-state index contributed by atoms with van der Waals surface area (Å²) in [4.78, 5) is 36.9. The van der Waals surface area contributed by atoms with Crippen LogP contribution in [-0.4, -0.2) is 40.2 Å². The monoisotopic (exact) mass is 569 g/mol. The zero-order valence-electron chi connectivity index (χ0n) is 19.9. The molecule has 3 aromatic carbocycles. The van der Waals surface area contributed by atoms with E-state index in [4.69, 9.17) is 38.3 Å². The Balaban J connectivity index is 1.46. The molecule has 10 nitrogen and oxygen atoms in total. The molecule has 3 amide bonds. The Morgan fingerprint density at radius 3 is 2.46 bits per heavy atom. The molecule has 0 spiro atoms. The summed E-state index contributed by atoms with van der Waals surface area (Å²) < 4.78 is 19.1. The van der Waals surface area contributed by atoms with Gasteiger partial charge in [-0.3, -0.25) is 20.3 Å². The van der Waals surface area contributed by atoms with E-state index in [0.29, 0.717) is 30.8 Å². The molecular weight excluding hydrogens is 552 g/mol. The minimum Gasteiger partial charge on any atom is -0.465 e. The summed E-state index contributed by atoms with van der Waals surface area (Å²) in [5.41, 5.74) is 4.04. The van der Waals surface area contributed by atoms with Crippen molar-refractivity contribution in [3.05, 3.63) is 87.2 Å². The van der Waals surface area contributed by atoms with Crippen LogP contribution < -0.4 is 15.5 Å². The van der Waals surface area contributed by atoms with E-state index in [0.717, 1.165) is 11.1 Å². The van der Waals surface area contributed by atoms with Gasteiger partial charge in [0, 0.05) is 18.7 Å². The van der Waals surface area contributed by atoms with Gasteiger partial charge in [0.2, 0.25) is 5.71 Å². The highest BCUT2D eigenvalue weighted by atomic mass is 35.5. The van der Waals surface area contributed by atoms with Gasteiger partial charge in [0.05, 0.1) is 15.7 Å². The Hall–Kier alpha value is -4.66. The number of hydrogen-bond acceptors (Lipinski definition) is 7. The van der Waals surface area contributed by atoms with Crippen LogP contribution in [0.2, 0.25) is 10.0 Å². The third kappa shape index (κ3) is 6.62. The number of benzene rings is 3. The molecule has 3 N–H and O–H groups in total.